The monoisotopic (exact) mass is 326 g/mol. The van der Waals surface area contributed by atoms with E-state index in [1.165, 1.54) is 11.1 Å². The second kappa shape index (κ2) is 7.47. The number of nitrogens with zero attached hydrogens (tertiary/aromatic N) is 4. The topological polar surface area (TPSA) is 67.1 Å². The van der Waals surface area contributed by atoms with Crippen LogP contribution in [0.25, 0.3) is 0 Å². The van der Waals surface area contributed by atoms with Gasteiger partial charge in [-0.3, -0.25) is 4.99 Å². The summed E-state index contributed by atoms with van der Waals surface area (Å²) in [6.07, 6.45) is 3.13. The maximum atomic E-state index is 4.56. The summed E-state index contributed by atoms with van der Waals surface area (Å²) in [5.74, 6) is 2.67. The Hall–Kier alpha value is -2.37. The molecule has 1 aliphatic heterocycles. The zero-order chi connectivity index (χ0) is 16.9. The van der Waals surface area contributed by atoms with Crippen LogP contribution in [0.2, 0.25) is 0 Å². The van der Waals surface area contributed by atoms with Gasteiger partial charge in [0.15, 0.2) is 5.96 Å². The Bertz CT molecular complexity index is 701. The van der Waals surface area contributed by atoms with Crippen molar-refractivity contribution in [2.75, 3.05) is 13.6 Å². The number of guanidine groups is 1. The van der Waals surface area contributed by atoms with Crippen molar-refractivity contribution in [2.24, 2.45) is 4.99 Å². The van der Waals surface area contributed by atoms with Gasteiger partial charge in [-0.2, -0.15) is 5.10 Å². The maximum Gasteiger partial charge on any atom is 0.191 e. The summed E-state index contributed by atoms with van der Waals surface area (Å²) < 4.78 is 2.01. The van der Waals surface area contributed by atoms with Crippen LogP contribution in [0.4, 0.5) is 0 Å². The molecule has 0 radical (unpaired) electrons. The summed E-state index contributed by atoms with van der Waals surface area (Å²) in [5.41, 5.74) is 2.62. The van der Waals surface area contributed by atoms with Gasteiger partial charge in [0.2, 0.25) is 0 Å². The lowest BCUT2D eigenvalue weighted by Gasteiger charge is -2.25. The lowest BCUT2D eigenvalue weighted by atomic mass is 10.1. The van der Waals surface area contributed by atoms with Crippen molar-refractivity contribution < 1.29 is 0 Å². The molecular weight excluding hydrogens is 300 g/mol. The number of fused-ring (bicyclic) bond motifs is 1. The SMILES string of the molecule is CN=C(NCCc1ccc(C)cc1)NC1CCCn2nc(C)nc21. The first kappa shape index (κ1) is 16.5. The highest BCUT2D eigenvalue weighted by Gasteiger charge is 2.24. The van der Waals surface area contributed by atoms with Gasteiger partial charge in [-0.1, -0.05) is 29.8 Å². The van der Waals surface area contributed by atoms with E-state index in [-0.39, 0.29) is 6.04 Å². The van der Waals surface area contributed by atoms with Crippen LogP contribution in [0.1, 0.15) is 41.7 Å². The number of hydrogen-bond acceptors (Lipinski definition) is 3. The minimum absolute atomic E-state index is 0.172. The van der Waals surface area contributed by atoms with E-state index < -0.39 is 0 Å². The van der Waals surface area contributed by atoms with Crippen LogP contribution in [-0.4, -0.2) is 34.3 Å². The molecule has 0 saturated heterocycles. The number of aromatic nitrogens is 3. The molecule has 2 heterocycles. The minimum atomic E-state index is 0.172. The maximum absolute atomic E-state index is 4.56. The summed E-state index contributed by atoms with van der Waals surface area (Å²) >= 11 is 0. The van der Waals surface area contributed by atoms with Gasteiger partial charge in [0, 0.05) is 20.1 Å². The number of benzene rings is 1. The predicted molar refractivity (Wildman–Crippen MR) is 96.1 cm³/mol. The Kier molecular flexibility index (Phi) is 5.13. The first-order valence-corrected chi connectivity index (χ1v) is 8.60. The summed E-state index contributed by atoms with van der Waals surface area (Å²) in [6.45, 7) is 5.85. The Morgan fingerprint density at radius 3 is 2.83 bits per heavy atom. The van der Waals surface area contributed by atoms with Gasteiger partial charge in [-0.05, 0) is 38.7 Å². The molecule has 0 bridgehead atoms. The van der Waals surface area contributed by atoms with Gasteiger partial charge in [0.05, 0.1) is 6.04 Å². The zero-order valence-corrected chi connectivity index (χ0v) is 14.7. The van der Waals surface area contributed by atoms with E-state index in [2.05, 4.69) is 56.9 Å². The summed E-state index contributed by atoms with van der Waals surface area (Å²) in [6, 6.07) is 8.84. The lowest BCUT2D eigenvalue weighted by molar-refractivity contribution is 0.398. The number of nitrogens with one attached hydrogen (secondary N) is 2. The number of rotatable bonds is 4. The number of aryl methyl sites for hydroxylation is 3. The second-order valence-corrected chi connectivity index (χ2v) is 6.31. The Labute approximate surface area is 143 Å². The third kappa shape index (κ3) is 3.93. The van der Waals surface area contributed by atoms with Gasteiger partial charge in [-0.25, -0.2) is 9.67 Å². The second-order valence-electron chi connectivity index (χ2n) is 6.31. The van der Waals surface area contributed by atoms with Crippen molar-refractivity contribution in [2.45, 2.75) is 45.7 Å². The Balaban J connectivity index is 1.55. The summed E-state index contributed by atoms with van der Waals surface area (Å²) in [4.78, 5) is 8.91. The fourth-order valence-electron chi connectivity index (χ4n) is 3.04. The fraction of sp³-hybridized carbons (Fsp3) is 0.500. The van der Waals surface area contributed by atoms with Crippen molar-refractivity contribution >= 4 is 5.96 Å². The summed E-state index contributed by atoms with van der Waals surface area (Å²) in [5, 5.41) is 11.3. The number of hydrogen-bond donors (Lipinski definition) is 2. The van der Waals surface area contributed by atoms with Crippen LogP contribution in [0, 0.1) is 13.8 Å². The third-order valence-corrected chi connectivity index (χ3v) is 4.34. The van der Waals surface area contributed by atoms with Crippen LogP contribution < -0.4 is 10.6 Å². The molecule has 1 aromatic heterocycles. The summed E-state index contributed by atoms with van der Waals surface area (Å²) in [7, 11) is 1.81. The van der Waals surface area contributed by atoms with Gasteiger partial charge in [0.25, 0.3) is 0 Å². The van der Waals surface area contributed by atoms with Crippen molar-refractivity contribution in [1.29, 1.82) is 0 Å². The molecule has 0 fully saturated rings. The first-order chi connectivity index (χ1) is 11.7. The quantitative estimate of drug-likeness (QED) is 0.667. The van der Waals surface area contributed by atoms with Crippen LogP contribution >= 0.6 is 0 Å². The molecule has 1 unspecified atom stereocenters. The first-order valence-electron chi connectivity index (χ1n) is 8.60. The van der Waals surface area contributed by atoms with Crippen molar-refractivity contribution in [3.8, 4) is 0 Å². The molecular formula is C18H26N6. The smallest absolute Gasteiger partial charge is 0.191 e. The highest BCUT2D eigenvalue weighted by Crippen LogP contribution is 2.22. The van der Waals surface area contributed by atoms with Crippen molar-refractivity contribution in [3.63, 3.8) is 0 Å². The normalized spacial score (nSPS) is 17.5. The van der Waals surface area contributed by atoms with Crippen molar-refractivity contribution in [3.05, 3.63) is 47.0 Å². The lowest BCUT2D eigenvalue weighted by Crippen LogP contribution is -2.42. The molecule has 1 aliphatic rings. The molecule has 0 aliphatic carbocycles. The van der Waals surface area contributed by atoms with E-state index in [9.17, 15) is 0 Å². The zero-order valence-electron chi connectivity index (χ0n) is 14.7. The molecule has 2 N–H and O–H groups in total. The molecule has 128 valence electrons. The average molecular weight is 326 g/mol. The fourth-order valence-corrected chi connectivity index (χ4v) is 3.04. The number of aliphatic imine (C=N–C) groups is 1. The van der Waals surface area contributed by atoms with Crippen LogP contribution in [0.3, 0.4) is 0 Å². The van der Waals surface area contributed by atoms with E-state index in [0.717, 1.165) is 50.0 Å². The molecule has 3 rings (SSSR count). The van der Waals surface area contributed by atoms with Gasteiger partial charge < -0.3 is 10.6 Å². The molecule has 0 amide bonds. The van der Waals surface area contributed by atoms with Crippen molar-refractivity contribution in [1.82, 2.24) is 25.4 Å². The van der Waals surface area contributed by atoms with Crippen LogP contribution in [-0.2, 0) is 13.0 Å². The Morgan fingerprint density at radius 1 is 1.29 bits per heavy atom. The molecule has 24 heavy (non-hydrogen) atoms. The molecule has 6 nitrogen and oxygen atoms in total. The molecule has 1 aromatic carbocycles. The van der Waals surface area contributed by atoms with E-state index in [1.807, 2.05) is 11.6 Å². The van der Waals surface area contributed by atoms with Crippen LogP contribution in [0.15, 0.2) is 29.3 Å². The standard InChI is InChI=1S/C18H26N6/c1-13-6-8-15(9-7-13)10-11-20-18(19-3)22-16-5-4-12-24-17(16)21-14(2)23-24/h6-9,16H,4-5,10-12H2,1-3H3,(H2,19,20,22). The average Bonchev–Trinajstić information content (AvgIpc) is 2.97. The van der Waals surface area contributed by atoms with E-state index in [0.29, 0.717) is 0 Å². The predicted octanol–water partition coefficient (Wildman–Crippen LogP) is 2.14. The van der Waals surface area contributed by atoms with Gasteiger partial charge in [-0.15, -0.1) is 0 Å². The third-order valence-electron chi connectivity index (χ3n) is 4.34. The highest BCUT2D eigenvalue weighted by molar-refractivity contribution is 5.80. The molecule has 0 saturated carbocycles. The molecule has 0 spiro atoms. The van der Waals surface area contributed by atoms with E-state index >= 15 is 0 Å². The van der Waals surface area contributed by atoms with Gasteiger partial charge in [0.1, 0.15) is 11.6 Å². The highest BCUT2D eigenvalue weighted by atomic mass is 15.4. The molecule has 6 heteroatoms. The largest absolute Gasteiger partial charge is 0.356 e. The Morgan fingerprint density at radius 2 is 2.08 bits per heavy atom. The molecule has 2 aromatic rings. The van der Waals surface area contributed by atoms with E-state index in [4.69, 9.17) is 0 Å². The van der Waals surface area contributed by atoms with E-state index in [1.54, 1.807) is 7.05 Å². The van der Waals surface area contributed by atoms with Gasteiger partial charge >= 0.3 is 0 Å². The molecule has 1 atom stereocenters. The van der Waals surface area contributed by atoms with Crippen LogP contribution in [0.5, 0.6) is 0 Å². The minimum Gasteiger partial charge on any atom is -0.356 e.